The first-order valence-corrected chi connectivity index (χ1v) is 9.39. The molecular formula is C21H25F2N3O. The fraction of sp³-hybridized carbons (Fsp3) is 0.524. The van der Waals surface area contributed by atoms with E-state index < -0.39 is 23.6 Å². The van der Waals surface area contributed by atoms with Crippen molar-refractivity contribution in [2.24, 2.45) is 18.4 Å². The van der Waals surface area contributed by atoms with E-state index in [1.807, 2.05) is 12.1 Å². The molecular weight excluding hydrogens is 348 g/mol. The lowest BCUT2D eigenvalue weighted by atomic mass is 9.70. The lowest BCUT2D eigenvalue weighted by molar-refractivity contribution is 0.0772. The van der Waals surface area contributed by atoms with Crippen molar-refractivity contribution in [2.75, 3.05) is 0 Å². The molecule has 1 amide bonds. The molecule has 1 N–H and O–H groups in total. The van der Waals surface area contributed by atoms with Crippen LogP contribution < -0.4 is 5.32 Å². The second kappa shape index (κ2) is 5.88. The molecule has 1 aromatic heterocycles. The summed E-state index contributed by atoms with van der Waals surface area (Å²) in [5, 5.41) is 6.98. The minimum absolute atomic E-state index is 0.0338. The van der Waals surface area contributed by atoms with Crippen LogP contribution in [0.5, 0.6) is 0 Å². The maximum atomic E-state index is 13.3. The van der Waals surface area contributed by atoms with Gasteiger partial charge in [0, 0.05) is 13.2 Å². The molecule has 3 atom stereocenters. The molecule has 2 aromatic rings. The third-order valence-electron chi connectivity index (χ3n) is 6.20. The highest BCUT2D eigenvalue weighted by Crippen LogP contribution is 2.64. The highest BCUT2D eigenvalue weighted by atomic mass is 19.3. The Morgan fingerprint density at radius 1 is 1.33 bits per heavy atom. The lowest BCUT2D eigenvalue weighted by Crippen LogP contribution is -2.50. The van der Waals surface area contributed by atoms with Gasteiger partial charge in [-0.05, 0) is 41.2 Å². The number of nitrogens with one attached hydrogen (secondary N) is 1. The number of halogens is 2. The molecule has 0 saturated heterocycles. The number of hydrogen-bond acceptors (Lipinski definition) is 2. The van der Waals surface area contributed by atoms with E-state index in [0.717, 1.165) is 18.4 Å². The summed E-state index contributed by atoms with van der Waals surface area (Å²) >= 11 is 0. The number of carbonyl (C=O) groups is 1. The van der Waals surface area contributed by atoms with Gasteiger partial charge in [-0.1, -0.05) is 45.0 Å². The molecule has 6 heteroatoms. The molecule has 1 aromatic carbocycles. The van der Waals surface area contributed by atoms with Crippen LogP contribution in [0.25, 0.3) is 0 Å². The first kappa shape index (κ1) is 18.1. The van der Waals surface area contributed by atoms with Gasteiger partial charge < -0.3 is 5.32 Å². The van der Waals surface area contributed by atoms with Crippen molar-refractivity contribution in [1.29, 1.82) is 0 Å². The Morgan fingerprint density at radius 2 is 2.04 bits per heavy atom. The zero-order chi connectivity index (χ0) is 19.6. The molecule has 1 fully saturated rings. The highest BCUT2D eigenvalue weighted by molar-refractivity contribution is 5.96. The first-order chi connectivity index (χ1) is 12.6. The van der Waals surface area contributed by atoms with E-state index in [-0.39, 0.29) is 16.9 Å². The van der Waals surface area contributed by atoms with E-state index in [2.05, 4.69) is 43.3 Å². The molecule has 0 aliphatic heterocycles. The maximum absolute atomic E-state index is 13.3. The summed E-state index contributed by atoms with van der Waals surface area (Å²) in [7, 11) is 1.55. The largest absolute Gasteiger partial charge is 0.342 e. The fourth-order valence-electron chi connectivity index (χ4n) is 5.57. The van der Waals surface area contributed by atoms with Gasteiger partial charge in [0.1, 0.15) is 5.69 Å². The third kappa shape index (κ3) is 2.60. The number of carbonyl (C=O) groups excluding carboxylic acids is 1. The summed E-state index contributed by atoms with van der Waals surface area (Å²) in [5.41, 5.74) is 1.36. The van der Waals surface area contributed by atoms with Gasteiger partial charge in [0.05, 0.1) is 11.1 Å². The second-order valence-electron chi connectivity index (χ2n) is 8.90. The summed E-state index contributed by atoms with van der Waals surface area (Å²) < 4.78 is 28.0. The normalized spacial score (nSPS) is 26.5. The number of aryl methyl sites for hydroxylation is 1. The van der Waals surface area contributed by atoms with Gasteiger partial charge in [0.25, 0.3) is 12.3 Å². The molecule has 27 heavy (non-hydrogen) atoms. The van der Waals surface area contributed by atoms with E-state index in [1.54, 1.807) is 7.05 Å². The van der Waals surface area contributed by atoms with Gasteiger partial charge in [-0.3, -0.25) is 9.48 Å². The number of hydrogen-bond donors (Lipinski definition) is 1. The number of nitrogens with zero attached hydrogens (tertiary/aromatic N) is 2. The van der Waals surface area contributed by atoms with Gasteiger partial charge in [-0.25, -0.2) is 8.78 Å². The smallest absolute Gasteiger partial charge is 0.282 e. The average molecular weight is 373 g/mol. The molecule has 144 valence electrons. The molecule has 4 rings (SSSR count). The monoisotopic (exact) mass is 373 g/mol. The number of fused-ring (bicyclic) bond motifs is 5. The van der Waals surface area contributed by atoms with Gasteiger partial charge in [-0.15, -0.1) is 0 Å². The summed E-state index contributed by atoms with van der Waals surface area (Å²) in [4.78, 5) is 13.1. The van der Waals surface area contributed by atoms with E-state index in [0.29, 0.717) is 5.92 Å². The molecule has 1 saturated carbocycles. The van der Waals surface area contributed by atoms with Gasteiger partial charge in [-0.2, -0.15) is 5.10 Å². The summed E-state index contributed by atoms with van der Waals surface area (Å²) in [6.07, 6.45) is 0.419. The van der Waals surface area contributed by atoms with Crippen molar-refractivity contribution in [2.45, 2.75) is 51.5 Å². The lowest BCUT2D eigenvalue weighted by Gasteiger charge is -2.41. The molecule has 0 radical (unpaired) electrons. The minimum atomic E-state index is -2.78. The molecule has 2 aliphatic carbocycles. The third-order valence-corrected chi connectivity index (χ3v) is 6.20. The number of rotatable bonds is 3. The van der Waals surface area contributed by atoms with Crippen molar-refractivity contribution < 1.29 is 13.6 Å². The highest BCUT2D eigenvalue weighted by Gasteiger charge is 2.61. The number of aromatic nitrogens is 2. The van der Waals surface area contributed by atoms with E-state index in [4.69, 9.17) is 0 Å². The van der Waals surface area contributed by atoms with Crippen LogP contribution in [0.1, 0.15) is 73.1 Å². The van der Waals surface area contributed by atoms with Crippen LogP contribution in [-0.2, 0) is 12.6 Å². The van der Waals surface area contributed by atoms with E-state index in [9.17, 15) is 13.6 Å². The fourth-order valence-corrected chi connectivity index (χ4v) is 5.57. The zero-order valence-corrected chi connectivity index (χ0v) is 16.1. The van der Waals surface area contributed by atoms with Crippen molar-refractivity contribution >= 4 is 5.91 Å². The van der Waals surface area contributed by atoms with Crippen LogP contribution in [0.3, 0.4) is 0 Å². The molecule has 1 heterocycles. The Morgan fingerprint density at radius 3 is 2.70 bits per heavy atom. The zero-order valence-electron chi connectivity index (χ0n) is 16.1. The summed E-state index contributed by atoms with van der Waals surface area (Å²) in [5.74, 6) is 0.132. The first-order valence-electron chi connectivity index (χ1n) is 9.39. The Kier molecular flexibility index (Phi) is 3.95. The Labute approximate surface area is 158 Å². The maximum Gasteiger partial charge on any atom is 0.282 e. The standard InChI is InChI=1S/C21H25F2N3O/c1-20(2,3)17-13-9-10-21(17,15-8-6-5-7-12(13)15)24-19(27)14-11-26(4)25-16(14)18(22)23/h5-8,11,13,17-18H,9-10H2,1-4H3,(H,24,27). The predicted octanol–water partition coefficient (Wildman–Crippen LogP) is 4.54. The second-order valence-corrected chi connectivity index (χ2v) is 8.90. The van der Waals surface area contributed by atoms with Crippen LogP contribution in [0.2, 0.25) is 0 Å². The predicted molar refractivity (Wildman–Crippen MR) is 98.7 cm³/mol. The van der Waals surface area contributed by atoms with Crippen molar-refractivity contribution in [3.8, 4) is 0 Å². The molecule has 2 aliphatic rings. The van der Waals surface area contributed by atoms with Crippen LogP contribution in [-0.4, -0.2) is 15.7 Å². The summed E-state index contributed by atoms with van der Waals surface area (Å²) in [6.45, 7) is 6.58. The Balaban J connectivity index is 1.78. The quantitative estimate of drug-likeness (QED) is 0.859. The van der Waals surface area contributed by atoms with Crippen LogP contribution in [0.15, 0.2) is 30.5 Å². The van der Waals surface area contributed by atoms with Gasteiger partial charge >= 0.3 is 0 Å². The van der Waals surface area contributed by atoms with Gasteiger partial charge in [0.15, 0.2) is 0 Å². The van der Waals surface area contributed by atoms with Crippen molar-refractivity contribution in [3.63, 3.8) is 0 Å². The van der Waals surface area contributed by atoms with E-state index >= 15 is 0 Å². The molecule has 3 unspecified atom stereocenters. The topological polar surface area (TPSA) is 46.9 Å². The number of benzene rings is 1. The molecule has 0 spiro atoms. The number of alkyl halides is 2. The SMILES string of the molecule is Cn1cc(C(=O)NC23CCC(c4ccccc42)C3C(C)(C)C)c(C(F)F)n1. The minimum Gasteiger partial charge on any atom is -0.342 e. The van der Waals surface area contributed by atoms with Crippen molar-refractivity contribution in [3.05, 3.63) is 52.8 Å². The molecule has 2 bridgehead atoms. The van der Waals surface area contributed by atoms with Gasteiger partial charge in [0.2, 0.25) is 0 Å². The Bertz CT molecular complexity index is 899. The van der Waals surface area contributed by atoms with Crippen LogP contribution in [0.4, 0.5) is 8.78 Å². The van der Waals surface area contributed by atoms with E-state index in [1.165, 1.54) is 16.4 Å². The Hall–Kier alpha value is -2.24. The summed E-state index contributed by atoms with van der Waals surface area (Å²) in [6, 6.07) is 8.23. The average Bonchev–Trinajstić information content (AvgIpc) is 3.23. The molecule has 4 nitrogen and oxygen atoms in total. The number of amides is 1. The van der Waals surface area contributed by atoms with Crippen LogP contribution in [0, 0.1) is 11.3 Å². The van der Waals surface area contributed by atoms with Crippen molar-refractivity contribution in [1.82, 2.24) is 15.1 Å². The van der Waals surface area contributed by atoms with Crippen LogP contribution >= 0.6 is 0 Å².